The summed E-state index contributed by atoms with van der Waals surface area (Å²) >= 11 is 0. The van der Waals surface area contributed by atoms with Crippen LogP contribution < -0.4 is 0 Å². The number of aliphatic hydroxyl groups excluding tert-OH is 5. The van der Waals surface area contributed by atoms with Gasteiger partial charge < -0.3 is 30.6 Å². The molecular formula is C27H48O6. The summed E-state index contributed by atoms with van der Waals surface area (Å²) in [5.74, 6) is -0.0735. The minimum absolute atomic E-state index is 0.0397. The van der Waals surface area contributed by atoms with E-state index < -0.39 is 41.3 Å². The van der Waals surface area contributed by atoms with Crippen LogP contribution in [0, 0.1) is 46.3 Å². The van der Waals surface area contributed by atoms with Crippen molar-refractivity contribution >= 4 is 0 Å². The molecule has 192 valence electrons. The molecule has 33 heavy (non-hydrogen) atoms. The maximum Gasteiger partial charge on any atom is 0.0863 e. The minimum Gasteiger partial charge on any atom is -0.396 e. The Labute approximate surface area is 199 Å². The lowest BCUT2D eigenvalue weighted by Crippen LogP contribution is -2.68. The van der Waals surface area contributed by atoms with Crippen molar-refractivity contribution in [1.29, 1.82) is 0 Å². The van der Waals surface area contributed by atoms with Crippen LogP contribution in [-0.2, 0) is 0 Å². The van der Waals surface area contributed by atoms with Gasteiger partial charge in [0, 0.05) is 18.9 Å². The summed E-state index contributed by atoms with van der Waals surface area (Å²) in [4.78, 5) is 0. The van der Waals surface area contributed by atoms with Crippen molar-refractivity contribution < 1.29 is 30.6 Å². The molecule has 0 amide bonds. The molecule has 0 heterocycles. The molecule has 4 aliphatic rings. The summed E-state index contributed by atoms with van der Waals surface area (Å²) in [7, 11) is 0. The summed E-state index contributed by atoms with van der Waals surface area (Å²) < 4.78 is 0. The first-order chi connectivity index (χ1) is 15.4. The standard InChI is InChI=1S/C27H48O6/c1-15(9-12-28)5-6-16(2)21-22(31)23(32)24-26(21,4)11-8-20-25(3)10-7-17(29)13-18(25)19(30)14-27(20,24)33/h15-24,28-33H,5-14H2,1-4H3. The number of fused-ring (bicyclic) bond motifs is 5. The van der Waals surface area contributed by atoms with Crippen LogP contribution in [0.4, 0.5) is 0 Å². The van der Waals surface area contributed by atoms with E-state index in [-0.39, 0.29) is 42.1 Å². The van der Waals surface area contributed by atoms with Crippen molar-refractivity contribution in [3.8, 4) is 0 Å². The summed E-state index contributed by atoms with van der Waals surface area (Å²) in [6.45, 7) is 8.81. The van der Waals surface area contributed by atoms with Crippen LogP contribution in [0.5, 0.6) is 0 Å². The van der Waals surface area contributed by atoms with Crippen LogP contribution in [0.2, 0.25) is 0 Å². The van der Waals surface area contributed by atoms with Gasteiger partial charge in [-0.2, -0.15) is 0 Å². The predicted molar refractivity (Wildman–Crippen MR) is 126 cm³/mol. The average molecular weight is 469 g/mol. The second-order valence-corrected chi connectivity index (χ2v) is 13.1. The molecule has 4 saturated carbocycles. The predicted octanol–water partition coefficient (Wildman–Crippen LogP) is 2.47. The Bertz CT molecular complexity index is 702. The molecule has 0 spiro atoms. The fourth-order valence-corrected chi connectivity index (χ4v) is 9.61. The third kappa shape index (κ3) is 3.92. The summed E-state index contributed by atoms with van der Waals surface area (Å²) in [5.41, 5.74) is -1.90. The third-order valence-corrected chi connectivity index (χ3v) is 11.2. The van der Waals surface area contributed by atoms with Crippen molar-refractivity contribution in [3.05, 3.63) is 0 Å². The first-order valence-electron chi connectivity index (χ1n) is 13.5. The van der Waals surface area contributed by atoms with Gasteiger partial charge in [0.25, 0.3) is 0 Å². The van der Waals surface area contributed by atoms with Gasteiger partial charge in [-0.3, -0.25) is 0 Å². The fraction of sp³-hybridized carbons (Fsp3) is 1.00. The maximum atomic E-state index is 12.3. The molecule has 4 rings (SSSR count). The Morgan fingerprint density at radius 2 is 1.55 bits per heavy atom. The lowest BCUT2D eigenvalue weighted by molar-refractivity contribution is -0.264. The molecule has 0 saturated heterocycles. The number of hydrogen-bond donors (Lipinski definition) is 6. The topological polar surface area (TPSA) is 121 Å². The molecule has 0 radical (unpaired) electrons. The van der Waals surface area contributed by atoms with Crippen molar-refractivity contribution in [3.63, 3.8) is 0 Å². The van der Waals surface area contributed by atoms with Crippen molar-refractivity contribution in [2.45, 2.75) is 115 Å². The first-order valence-corrected chi connectivity index (χ1v) is 13.5. The third-order valence-electron chi connectivity index (χ3n) is 11.2. The van der Waals surface area contributed by atoms with Gasteiger partial charge in [-0.1, -0.05) is 40.5 Å². The Hall–Kier alpha value is -0.240. The van der Waals surface area contributed by atoms with Gasteiger partial charge in [0.1, 0.15) is 0 Å². The lowest BCUT2D eigenvalue weighted by Gasteiger charge is -2.65. The molecular weight excluding hydrogens is 420 g/mol. The van der Waals surface area contributed by atoms with E-state index in [2.05, 4.69) is 27.7 Å². The number of rotatable bonds is 6. The van der Waals surface area contributed by atoms with Gasteiger partial charge in [-0.25, -0.2) is 0 Å². The lowest BCUT2D eigenvalue weighted by atomic mass is 9.42. The van der Waals surface area contributed by atoms with Crippen molar-refractivity contribution in [2.75, 3.05) is 6.61 Å². The smallest absolute Gasteiger partial charge is 0.0863 e. The molecule has 6 nitrogen and oxygen atoms in total. The molecule has 4 fully saturated rings. The first kappa shape index (κ1) is 25.8. The van der Waals surface area contributed by atoms with Gasteiger partial charge in [0.05, 0.1) is 30.0 Å². The van der Waals surface area contributed by atoms with Gasteiger partial charge in [0.15, 0.2) is 0 Å². The zero-order valence-corrected chi connectivity index (χ0v) is 21.0. The molecule has 0 aromatic rings. The summed E-state index contributed by atoms with van der Waals surface area (Å²) in [6, 6.07) is 0. The second-order valence-electron chi connectivity index (χ2n) is 13.1. The fourth-order valence-electron chi connectivity index (χ4n) is 9.61. The SMILES string of the molecule is CC(CCO)CCC(C)C1C(O)C(O)C2C1(C)CCC1C3(C)CCC(O)CC3C(O)CC12O. The van der Waals surface area contributed by atoms with Crippen LogP contribution in [-0.4, -0.2) is 67.3 Å². The summed E-state index contributed by atoms with van der Waals surface area (Å²) in [6.07, 6.45) is 3.57. The molecule has 0 aliphatic heterocycles. The molecule has 0 aromatic carbocycles. The quantitative estimate of drug-likeness (QED) is 0.356. The normalized spacial score (nSPS) is 53.6. The molecule has 6 N–H and O–H groups in total. The van der Waals surface area contributed by atoms with Gasteiger partial charge >= 0.3 is 0 Å². The highest BCUT2D eigenvalue weighted by Crippen LogP contribution is 2.69. The minimum atomic E-state index is -1.22. The van der Waals surface area contributed by atoms with Gasteiger partial charge in [-0.15, -0.1) is 0 Å². The van der Waals surface area contributed by atoms with Crippen LogP contribution in [0.15, 0.2) is 0 Å². The van der Waals surface area contributed by atoms with Crippen LogP contribution >= 0.6 is 0 Å². The molecule has 4 aliphatic carbocycles. The number of aliphatic hydroxyl groups is 6. The monoisotopic (exact) mass is 468 g/mol. The Morgan fingerprint density at radius 3 is 2.21 bits per heavy atom. The van der Waals surface area contributed by atoms with E-state index in [1.807, 2.05) is 0 Å². The van der Waals surface area contributed by atoms with Crippen LogP contribution in [0.1, 0.15) is 85.5 Å². The molecule has 13 unspecified atom stereocenters. The molecule has 13 atom stereocenters. The Morgan fingerprint density at radius 1 is 0.879 bits per heavy atom. The molecule has 0 bridgehead atoms. The Kier molecular flexibility index (Phi) is 7.05. The molecule has 6 heteroatoms. The zero-order chi connectivity index (χ0) is 24.3. The Balaban J connectivity index is 1.62. The maximum absolute atomic E-state index is 12.3. The van der Waals surface area contributed by atoms with E-state index in [4.69, 9.17) is 0 Å². The van der Waals surface area contributed by atoms with Crippen molar-refractivity contribution in [1.82, 2.24) is 0 Å². The van der Waals surface area contributed by atoms with E-state index in [0.29, 0.717) is 18.8 Å². The highest BCUT2D eigenvalue weighted by molar-refractivity contribution is 5.21. The number of hydrogen-bond acceptors (Lipinski definition) is 6. The van der Waals surface area contributed by atoms with E-state index >= 15 is 0 Å². The summed E-state index contributed by atoms with van der Waals surface area (Å²) in [5, 5.41) is 65.7. The zero-order valence-electron chi connectivity index (χ0n) is 21.0. The van der Waals surface area contributed by atoms with E-state index in [9.17, 15) is 30.6 Å². The van der Waals surface area contributed by atoms with Crippen LogP contribution in [0.25, 0.3) is 0 Å². The average Bonchev–Trinajstić information content (AvgIpc) is 2.94. The van der Waals surface area contributed by atoms with Crippen LogP contribution in [0.3, 0.4) is 0 Å². The largest absolute Gasteiger partial charge is 0.396 e. The van der Waals surface area contributed by atoms with Crippen molar-refractivity contribution in [2.24, 2.45) is 46.3 Å². The van der Waals surface area contributed by atoms with Gasteiger partial charge in [0.2, 0.25) is 0 Å². The van der Waals surface area contributed by atoms with E-state index in [1.54, 1.807) is 0 Å². The highest BCUT2D eigenvalue weighted by Gasteiger charge is 2.72. The second kappa shape index (κ2) is 9.01. The van der Waals surface area contributed by atoms with E-state index in [1.165, 1.54) is 0 Å². The van der Waals surface area contributed by atoms with Gasteiger partial charge in [-0.05, 0) is 78.9 Å². The molecule has 0 aromatic heterocycles. The van der Waals surface area contributed by atoms with E-state index in [0.717, 1.165) is 38.5 Å². The highest BCUT2D eigenvalue weighted by atomic mass is 16.3.